The summed E-state index contributed by atoms with van der Waals surface area (Å²) in [6.45, 7) is 3.51. The summed E-state index contributed by atoms with van der Waals surface area (Å²) in [5.74, 6) is 3.56. The summed E-state index contributed by atoms with van der Waals surface area (Å²) in [4.78, 5) is 14.7. The van der Waals surface area contributed by atoms with Crippen molar-refractivity contribution >= 4 is 17.7 Å². The maximum Gasteiger partial charge on any atom is 0.226 e. The molecule has 1 saturated heterocycles. The first-order chi connectivity index (χ1) is 15.5. The van der Waals surface area contributed by atoms with Crippen LogP contribution in [-0.4, -0.2) is 52.3 Å². The predicted molar refractivity (Wildman–Crippen MR) is 124 cm³/mol. The Hall–Kier alpha value is -3.00. The van der Waals surface area contributed by atoms with Crippen LogP contribution in [0.15, 0.2) is 48.5 Å². The summed E-state index contributed by atoms with van der Waals surface area (Å²) in [6, 6.07) is 13.4. The molecule has 0 aliphatic carbocycles. The highest BCUT2D eigenvalue weighted by molar-refractivity contribution is 7.99. The zero-order chi connectivity index (χ0) is 22.5. The molecule has 1 amide bonds. The quantitative estimate of drug-likeness (QED) is 0.520. The summed E-state index contributed by atoms with van der Waals surface area (Å²) < 4.78 is 26.5. The van der Waals surface area contributed by atoms with E-state index >= 15 is 0 Å². The van der Waals surface area contributed by atoms with E-state index in [1.807, 2.05) is 47.9 Å². The number of ether oxygens (including phenoxy) is 2. The fourth-order valence-corrected chi connectivity index (χ4v) is 4.55. The maximum atomic E-state index is 13.4. The van der Waals surface area contributed by atoms with E-state index in [-0.39, 0.29) is 11.7 Å². The van der Waals surface area contributed by atoms with Gasteiger partial charge < -0.3 is 14.4 Å². The van der Waals surface area contributed by atoms with Gasteiger partial charge in [-0.2, -0.15) is 16.9 Å². The lowest BCUT2D eigenvalue weighted by atomic mass is 10.1. The third-order valence-corrected chi connectivity index (χ3v) is 6.38. The molecule has 6 nitrogen and oxygen atoms in total. The van der Waals surface area contributed by atoms with Gasteiger partial charge in [-0.1, -0.05) is 0 Å². The topological polar surface area (TPSA) is 56.6 Å². The monoisotopic (exact) mass is 455 g/mol. The van der Waals surface area contributed by atoms with Gasteiger partial charge in [0.05, 0.1) is 18.5 Å². The van der Waals surface area contributed by atoms with Crippen LogP contribution >= 0.6 is 11.8 Å². The van der Waals surface area contributed by atoms with Crippen molar-refractivity contribution in [2.24, 2.45) is 0 Å². The van der Waals surface area contributed by atoms with Gasteiger partial charge in [0, 0.05) is 36.6 Å². The van der Waals surface area contributed by atoms with E-state index in [4.69, 9.17) is 9.47 Å². The minimum atomic E-state index is -0.331. The standard InChI is InChI=1S/C24H26FN3O3S/c1-17-22(11-12-23(29)27-13-15-32-16-14-27)24(31-21-7-3-18(25)4-8-21)28(26-17)19-5-9-20(30-2)10-6-19/h3-10H,11-16H2,1-2H3. The van der Waals surface area contributed by atoms with Crippen LogP contribution in [0.25, 0.3) is 5.69 Å². The van der Waals surface area contributed by atoms with Gasteiger partial charge in [-0.25, -0.2) is 9.07 Å². The molecule has 0 spiro atoms. The summed E-state index contributed by atoms with van der Waals surface area (Å²) in [5.41, 5.74) is 2.46. The van der Waals surface area contributed by atoms with E-state index in [2.05, 4.69) is 5.10 Å². The summed E-state index contributed by atoms with van der Waals surface area (Å²) in [7, 11) is 1.62. The highest BCUT2D eigenvalue weighted by Gasteiger charge is 2.22. The van der Waals surface area contributed by atoms with Crippen LogP contribution in [0.3, 0.4) is 0 Å². The van der Waals surface area contributed by atoms with Crippen LogP contribution < -0.4 is 9.47 Å². The van der Waals surface area contributed by atoms with E-state index in [1.54, 1.807) is 23.9 Å². The van der Waals surface area contributed by atoms with Crippen molar-refractivity contribution in [3.8, 4) is 23.1 Å². The normalized spacial score (nSPS) is 13.8. The highest BCUT2D eigenvalue weighted by Crippen LogP contribution is 2.32. The molecule has 168 valence electrons. The third kappa shape index (κ3) is 5.07. The second kappa shape index (κ2) is 10.1. The fourth-order valence-electron chi connectivity index (χ4n) is 3.65. The van der Waals surface area contributed by atoms with Gasteiger partial charge in [-0.05, 0) is 61.9 Å². The number of hydrogen-bond donors (Lipinski definition) is 0. The minimum absolute atomic E-state index is 0.148. The number of aromatic nitrogens is 2. The molecule has 4 rings (SSSR count). The lowest BCUT2D eigenvalue weighted by molar-refractivity contribution is -0.130. The molecule has 0 bridgehead atoms. The average molecular weight is 456 g/mol. The molecule has 8 heteroatoms. The maximum absolute atomic E-state index is 13.4. The smallest absolute Gasteiger partial charge is 0.226 e. The molecule has 32 heavy (non-hydrogen) atoms. The van der Waals surface area contributed by atoms with Crippen LogP contribution in [0, 0.1) is 12.7 Å². The van der Waals surface area contributed by atoms with Gasteiger partial charge in [-0.15, -0.1) is 0 Å². The van der Waals surface area contributed by atoms with E-state index in [0.717, 1.165) is 47.3 Å². The van der Waals surface area contributed by atoms with Gasteiger partial charge in [0.25, 0.3) is 0 Å². The number of methoxy groups -OCH3 is 1. The molecule has 0 unspecified atom stereocenters. The van der Waals surface area contributed by atoms with Crippen LogP contribution in [-0.2, 0) is 11.2 Å². The van der Waals surface area contributed by atoms with Gasteiger partial charge in [0.1, 0.15) is 17.3 Å². The molecule has 1 aliphatic heterocycles. The van der Waals surface area contributed by atoms with Crippen LogP contribution in [0.5, 0.6) is 17.4 Å². The van der Waals surface area contributed by atoms with Crippen molar-refractivity contribution in [3.63, 3.8) is 0 Å². The van der Waals surface area contributed by atoms with Crippen molar-refractivity contribution < 1.29 is 18.7 Å². The zero-order valence-corrected chi connectivity index (χ0v) is 19.0. The van der Waals surface area contributed by atoms with Crippen molar-refractivity contribution in [1.82, 2.24) is 14.7 Å². The molecular formula is C24H26FN3O3S. The fraction of sp³-hybridized carbons (Fsp3) is 0.333. The zero-order valence-electron chi connectivity index (χ0n) is 18.2. The number of carbonyl (C=O) groups is 1. The first-order valence-electron chi connectivity index (χ1n) is 10.6. The van der Waals surface area contributed by atoms with Crippen LogP contribution in [0.2, 0.25) is 0 Å². The minimum Gasteiger partial charge on any atom is -0.497 e. The highest BCUT2D eigenvalue weighted by atomic mass is 32.2. The van der Waals surface area contributed by atoms with Crippen LogP contribution in [0.4, 0.5) is 4.39 Å². The number of thioether (sulfide) groups is 1. The number of nitrogens with zero attached hydrogens (tertiary/aromatic N) is 3. The Balaban J connectivity index is 1.63. The SMILES string of the molecule is COc1ccc(-n2nc(C)c(CCC(=O)N3CCSCC3)c2Oc2ccc(F)cc2)cc1. The number of benzene rings is 2. The third-order valence-electron chi connectivity index (χ3n) is 5.44. The molecule has 2 aromatic carbocycles. The Labute approximate surface area is 191 Å². The molecule has 2 heterocycles. The van der Waals surface area contributed by atoms with Crippen molar-refractivity contribution in [2.45, 2.75) is 19.8 Å². The van der Waals surface area contributed by atoms with Gasteiger partial charge >= 0.3 is 0 Å². The first kappa shape index (κ1) is 22.2. The average Bonchev–Trinajstić information content (AvgIpc) is 3.14. The Bertz CT molecular complexity index is 1060. The van der Waals surface area contributed by atoms with Gasteiger partial charge in [0.15, 0.2) is 0 Å². The van der Waals surface area contributed by atoms with E-state index < -0.39 is 0 Å². The Kier molecular flexibility index (Phi) is 6.99. The van der Waals surface area contributed by atoms with Crippen molar-refractivity contribution in [3.05, 3.63) is 65.6 Å². The molecule has 1 aliphatic rings. The van der Waals surface area contributed by atoms with Crippen molar-refractivity contribution in [1.29, 1.82) is 0 Å². The predicted octanol–water partition coefficient (Wildman–Crippen LogP) is 4.63. The number of aryl methyl sites for hydroxylation is 1. The number of halogens is 1. The number of hydrogen-bond acceptors (Lipinski definition) is 5. The number of amides is 1. The molecule has 0 N–H and O–H groups in total. The van der Waals surface area contributed by atoms with E-state index in [9.17, 15) is 9.18 Å². The molecular weight excluding hydrogens is 429 g/mol. The molecule has 3 aromatic rings. The number of carbonyl (C=O) groups excluding carboxylic acids is 1. The molecule has 0 atom stereocenters. The Morgan fingerprint density at radius 2 is 1.72 bits per heavy atom. The summed E-state index contributed by atoms with van der Waals surface area (Å²) >= 11 is 1.88. The summed E-state index contributed by atoms with van der Waals surface area (Å²) in [6.07, 6.45) is 0.903. The van der Waals surface area contributed by atoms with Gasteiger partial charge in [0.2, 0.25) is 11.8 Å². The largest absolute Gasteiger partial charge is 0.497 e. The van der Waals surface area contributed by atoms with Crippen molar-refractivity contribution in [2.75, 3.05) is 31.7 Å². The van der Waals surface area contributed by atoms with Gasteiger partial charge in [-0.3, -0.25) is 4.79 Å². The van der Waals surface area contributed by atoms with E-state index in [1.165, 1.54) is 12.1 Å². The Morgan fingerprint density at radius 3 is 2.38 bits per heavy atom. The molecule has 0 saturated carbocycles. The first-order valence-corrected chi connectivity index (χ1v) is 11.7. The second-order valence-electron chi connectivity index (χ2n) is 7.53. The second-order valence-corrected chi connectivity index (χ2v) is 8.75. The van der Waals surface area contributed by atoms with Crippen LogP contribution in [0.1, 0.15) is 17.7 Å². The lowest BCUT2D eigenvalue weighted by Crippen LogP contribution is -2.38. The Morgan fingerprint density at radius 1 is 1.06 bits per heavy atom. The summed E-state index contributed by atoms with van der Waals surface area (Å²) in [5, 5.41) is 4.69. The molecule has 1 aromatic heterocycles. The van der Waals surface area contributed by atoms with E-state index in [0.29, 0.717) is 24.5 Å². The molecule has 1 fully saturated rings. The molecule has 0 radical (unpaired) electrons. The number of rotatable bonds is 7. The lowest BCUT2D eigenvalue weighted by Gasteiger charge is -2.26.